The third-order valence-electron chi connectivity index (χ3n) is 3.02. The third kappa shape index (κ3) is 4.73. The van der Waals surface area contributed by atoms with E-state index >= 15 is 0 Å². The van der Waals surface area contributed by atoms with Crippen LogP contribution in [0.3, 0.4) is 0 Å². The number of thiocarbonyl (C=S) groups is 1. The Morgan fingerprint density at radius 2 is 1.52 bits per heavy atom. The highest BCUT2D eigenvalue weighted by molar-refractivity contribution is 14.1. The quantitative estimate of drug-likeness (QED) is 0.382. The van der Waals surface area contributed by atoms with E-state index < -0.39 is 0 Å². The fourth-order valence-corrected chi connectivity index (χ4v) is 2.63. The zero-order valence-corrected chi connectivity index (χ0v) is 15.2. The molecule has 5 nitrogen and oxygen atoms in total. The van der Waals surface area contributed by atoms with Gasteiger partial charge in [0, 0.05) is 9.13 Å². The standard InChI is InChI=1S/C16H14IN3O2S/c1-10-6-2-3-7-11(10)15(22)19-20-16(23)18-14(21)12-8-4-5-9-13(12)17/h2-9H,1H3,(H,19,22)(H2,18,20,21,23). The number of amides is 2. The van der Waals surface area contributed by atoms with Crippen molar-refractivity contribution in [1.82, 2.24) is 16.2 Å². The van der Waals surface area contributed by atoms with Gasteiger partial charge in [-0.2, -0.15) is 0 Å². The molecule has 23 heavy (non-hydrogen) atoms. The van der Waals surface area contributed by atoms with Gasteiger partial charge < -0.3 is 0 Å². The molecule has 0 aliphatic heterocycles. The largest absolute Gasteiger partial charge is 0.298 e. The van der Waals surface area contributed by atoms with E-state index in [0.29, 0.717) is 11.1 Å². The molecule has 2 rings (SSSR count). The first-order valence-corrected chi connectivity index (χ1v) is 8.19. The van der Waals surface area contributed by atoms with Gasteiger partial charge in [-0.15, -0.1) is 0 Å². The van der Waals surface area contributed by atoms with Crippen LogP contribution in [0.25, 0.3) is 0 Å². The lowest BCUT2D eigenvalue weighted by atomic mass is 10.1. The van der Waals surface area contributed by atoms with Crippen molar-refractivity contribution >= 4 is 51.7 Å². The molecule has 0 saturated heterocycles. The summed E-state index contributed by atoms with van der Waals surface area (Å²) >= 11 is 7.09. The van der Waals surface area contributed by atoms with E-state index in [-0.39, 0.29) is 16.9 Å². The van der Waals surface area contributed by atoms with Crippen molar-refractivity contribution in [3.63, 3.8) is 0 Å². The number of carbonyl (C=O) groups is 2. The maximum Gasteiger partial charge on any atom is 0.269 e. The molecule has 0 aromatic heterocycles. The predicted octanol–water partition coefficient (Wildman–Crippen LogP) is 2.55. The SMILES string of the molecule is Cc1ccccc1C(=O)NNC(=S)NC(=O)c1ccccc1I. The molecule has 0 saturated carbocycles. The lowest BCUT2D eigenvalue weighted by Crippen LogP contribution is -2.48. The van der Waals surface area contributed by atoms with Gasteiger partial charge in [-0.3, -0.25) is 25.8 Å². The number of carbonyl (C=O) groups excluding carboxylic acids is 2. The predicted molar refractivity (Wildman–Crippen MR) is 101 cm³/mol. The average molecular weight is 439 g/mol. The molecule has 0 radical (unpaired) electrons. The summed E-state index contributed by atoms with van der Waals surface area (Å²) in [5, 5.41) is 2.54. The fraction of sp³-hybridized carbons (Fsp3) is 0.0625. The Kier molecular flexibility index (Phi) is 6.05. The highest BCUT2D eigenvalue weighted by Crippen LogP contribution is 2.10. The van der Waals surface area contributed by atoms with Crippen LogP contribution in [0.1, 0.15) is 26.3 Å². The second-order valence-electron chi connectivity index (χ2n) is 4.66. The van der Waals surface area contributed by atoms with Gasteiger partial charge in [0.15, 0.2) is 5.11 Å². The summed E-state index contributed by atoms with van der Waals surface area (Å²) < 4.78 is 0.814. The maximum atomic E-state index is 12.1. The van der Waals surface area contributed by atoms with Crippen molar-refractivity contribution in [2.75, 3.05) is 0 Å². The molecule has 2 amide bonds. The van der Waals surface area contributed by atoms with Gasteiger partial charge >= 0.3 is 0 Å². The summed E-state index contributed by atoms with van der Waals surface area (Å²) in [6, 6.07) is 14.3. The Morgan fingerprint density at radius 1 is 0.913 bits per heavy atom. The summed E-state index contributed by atoms with van der Waals surface area (Å²) in [4.78, 5) is 24.1. The van der Waals surface area contributed by atoms with Crippen LogP contribution in [0.4, 0.5) is 0 Å². The second-order valence-corrected chi connectivity index (χ2v) is 6.23. The minimum absolute atomic E-state index is 0.0246. The molecule has 0 bridgehead atoms. The van der Waals surface area contributed by atoms with E-state index in [4.69, 9.17) is 12.2 Å². The molecule has 2 aromatic rings. The monoisotopic (exact) mass is 439 g/mol. The zero-order valence-electron chi connectivity index (χ0n) is 12.2. The first kappa shape index (κ1) is 17.4. The molecular formula is C16H14IN3O2S. The number of hydrazine groups is 1. The van der Waals surface area contributed by atoms with Gasteiger partial charge in [-0.1, -0.05) is 30.3 Å². The summed E-state index contributed by atoms with van der Waals surface area (Å²) in [5.41, 5.74) is 6.89. The van der Waals surface area contributed by atoms with E-state index in [1.807, 2.05) is 31.2 Å². The Morgan fingerprint density at radius 3 is 2.17 bits per heavy atom. The molecule has 3 N–H and O–H groups in total. The van der Waals surface area contributed by atoms with Crippen LogP contribution < -0.4 is 16.2 Å². The van der Waals surface area contributed by atoms with Crippen LogP contribution in [0, 0.1) is 10.5 Å². The van der Waals surface area contributed by atoms with Crippen molar-refractivity contribution in [3.8, 4) is 0 Å². The van der Waals surface area contributed by atoms with E-state index in [9.17, 15) is 9.59 Å². The topological polar surface area (TPSA) is 70.2 Å². The summed E-state index contributed by atoms with van der Waals surface area (Å²) in [5.74, 6) is -0.661. The summed E-state index contributed by atoms with van der Waals surface area (Å²) in [6.07, 6.45) is 0. The normalized spacial score (nSPS) is 9.83. The van der Waals surface area contributed by atoms with Crippen molar-refractivity contribution < 1.29 is 9.59 Å². The number of aryl methyl sites for hydroxylation is 1. The molecule has 0 atom stereocenters. The third-order valence-corrected chi connectivity index (χ3v) is 4.17. The van der Waals surface area contributed by atoms with Crippen molar-refractivity contribution in [2.24, 2.45) is 0 Å². The van der Waals surface area contributed by atoms with E-state index in [1.54, 1.807) is 24.3 Å². The van der Waals surface area contributed by atoms with Crippen LogP contribution in [0.15, 0.2) is 48.5 Å². The van der Waals surface area contributed by atoms with Gasteiger partial charge in [0.1, 0.15) is 0 Å². The second kappa shape index (κ2) is 8.02. The van der Waals surface area contributed by atoms with Crippen LogP contribution >= 0.6 is 34.8 Å². The molecule has 0 spiro atoms. The zero-order chi connectivity index (χ0) is 16.8. The van der Waals surface area contributed by atoms with Crippen molar-refractivity contribution in [1.29, 1.82) is 0 Å². The van der Waals surface area contributed by atoms with Gasteiger partial charge in [-0.25, -0.2) is 0 Å². The van der Waals surface area contributed by atoms with Crippen molar-refractivity contribution in [2.45, 2.75) is 6.92 Å². The number of nitrogens with one attached hydrogen (secondary N) is 3. The number of hydrogen-bond acceptors (Lipinski definition) is 3. The molecule has 0 fully saturated rings. The molecule has 0 heterocycles. The van der Waals surface area contributed by atoms with E-state index in [0.717, 1.165) is 9.13 Å². The highest BCUT2D eigenvalue weighted by Gasteiger charge is 2.12. The van der Waals surface area contributed by atoms with Crippen LogP contribution in [-0.4, -0.2) is 16.9 Å². The lowest BCUT2D eigenvalue weighted by Gasteiger charge is -2.12. The van der Waals surface area contributed by atoms with Gasteiger partial charge in [0.25, 0.3) is 11.8 Å². The number of hydrogen-bond donors (Lipinski definition) is 3. The molecule has 0 aliphatic carbocycles. The number of rotatable bonds is 2. The number of benzene rings is 2. The maximum absolute atomic E-state index is 12.1. The summed E-state index contributed by atoms with van der Waals surface area (Å²) in [6.45, 7) is 1.84. The minimum Gasteiger partial charge on any atom is -0.298 e. The van der Waals surface area contributed by atoms with Crippen LogP contribution in [-0.2, 0) is 0 Å². The van der Waals surface area contributed by atoms with Gasteiger partial charge in [0.05, 0.1) is 5.56 Å². The molecule has 0 aliphatic rings. The fourth-order valence-electron chi connectivity index (χ4n) is 1.86. The van der Waals surface area contributed by atoms with Crippen LogP contribution in [0.5, 0.6) is 0 Å². The van der Waals surface area contributed by atoms with E-state index in [2.05, 4.69) is 38.8 Å². The molecule has 118 valence electrons. The van der Waals surface area contributed by atoms with Gasteiger partial charge in [-0.05, 0) is 65.5 Å². The molecule has 7 heteroatoms. The smallest absolute Gasteiger partial charge is 0.269 e. The first-order chi connectivity index (χ1) is 11.0. The Balaban J connectivity index is 1.91. The molecule has 2 aromatic carbocycles. The first-order valence-electron chi connectivity index (χ1n) is 6.71. The minimum atomic E-state index is -0.336. The Bertz CT molecular complexity index is 764. The highest BCUT2D eigenvalue weighted by atomic mass is 127. The van der Waals surface area contributed by atoms with Gasteiger partial charge in [0.2, 0.25) is 0 Å². The molecule has 0 unspecified atom stereocenters. The number of halogens is 1. The average Bonchev–Trinajstić information content (AvgIpc) is 2.53. The Hall–Kier alpha value is -2.00. The molecular weight excluding hydrogens is 425 g/mol. The van der Waals surface area contributed by atoms with Crippen molar-refractivity contribution in [3.05, 3.63) is 68.8 Å². The lowest BCUT2D eigenvalue weighted by molar-refractivity contribution is 0.0934. The Labute approximate surface area is 153 Å². The van der Waals surface area contributed by atoms with Crippen LogP contribution in [0.2, 0.25) is 0 Å². The summed E-state index contributed by atoms with van der Waals surface area (Å²) in [7, 11) is 0. The van der Waals surface area contributed by atoms with E-state index in [1.165, 1.54) is 0 Å².